The van der Waals surface area contributed by atoms with E-state index >= 15 is 0 Å². The molecule has 0 spiro atoms. The van der Waals surface area contributed by atoms with Gasteiger partial charge >= 0.3 is 0 Å². The topological polar surface area (TPSA) is 57.9 Å². The number of hydrogen-bond donors (Lipinski definition) is 1. The average Bonchev–Trinajstić information content (AvgIpc) is 3.08. The first-order valence-corrected chi connectivity index (χ1v) is 8.15. The number of nitriles is 1. The van der Waals surface area contributed by atoms with E-state index in [1.807, 2.05) is 36.4 Å². The summed E-state index contributed by atoms with van der Waals surface area (Å²) >= 11 is 0. The Bertz CT molecular complexity index is 687. The molecule has 1 saturated carbocycles. The molecule has 0 amide bonds. The molecule has 0 bridgehead atoms. The fraction of sp³-hybridized carbons (Fsp3) is 0.368. The monoisotopic (exact) mass is 307 g/mol. The molecule has 2 aromatic rings. The third kappa shape index (κ3) is 4.54. The van der Waals surface area contributed by atoms with Gasteiger partial charge in [0.2, 0.25) is 5.88 Å². The summed E-state index contributed by atoms with van der Waals surface area (Å²) in [6.07, 6.45) is 6.93. The van der Waals surface area contributed by atoms with E-state index in [4.69, 9.17) is 10.00 Å². The van der Waals surface area contributed by atoms with Crippen LogP contribution in [0.25, 0.3) is 0 Å². The molecule has 23 heavy (non-hydrogen) atoms. The Labute approximate surface area is 137 Å². The fourth-order valence-electron chi connectivity index (χ4n) is 2.90. The molecule has 0 atom stereocenters. The Hall–Kier alpha value is -2.38. The van der Waals surface area contributed by atoms with Gasteiger partial charge in [0.15, 0.2) is 0 Å². The number of nitrogens with one attached hydrogen (secondary N) is 1. The minimum atomic E-state index is 0.333. The lowest BCUT2D eigenvalue weighted by molar-refractivity contribution is 0.201. The third-order valence-electron chi connectivity index (χ3n) is 4.10. The Morgan fingerprint density at radius 2 is 1.91 bits per heavy atom. The Morgan fingerprint density at radius 3 is 2.70 bits per heavy atom. The largest absolute Gasteiger partial charge is 0.474 e. The van der Waals surface area contributed by atoms with Crippen molar-refractivity contribution < 1.29 is 4.74 Å². The highest BCUT2D eigenvalue weighted by atomic mass is 16.5. The van der Waals surface area contributed by atoms with Gasteiger partial charge in [0.25, 0.3) is 0 Å². The Balaban J connectivity index is 1.52. The highest BCUT2D eigenvalue weighted by Crippen LogP contribution is 2.23. The molecule has 0 unspecified atom stereocenters. The average molecular weight is 307 g/mol. The molecule has 1 aromatic heterocycles. The van der Waals surface area contributed by atoms with Crippen LogP contribution in [0.5, 0.6) is 5.88 Å². The maximum atomic E-state index is 8.92. The van der Waals surface area contributed by atoms with Gasteiger partial charge in [0, 0.05) is 25.4 Å². The first-order chi connectivity index (χ1) is 11.3. The number of ether oxygens (including phenoxy) is 1. The molecule has 3 rings (SSSR count). The second kappa shape index (κ2) is 7.75. The summed E-state index contributed by atoms with van der Waals surface area (Å²) < 4.78 is 5.94. The van der Waals surface area contributed by atoms with Crippen molar-refractivity contribution in [3.05, 3.63) is 59.3 Å². The van der Waals surface area contributed by atoms with Crippen molar-refractivity contribution in [3.63, 3.8) is 0 Å². The van der Waals surface area contributed by atoms with Crippen LogP contribution in [0.1, 0.15) is 42.4 Å². The summed E-state index contributed by atoms with van der Waals surface area (Å²) in [5.41, 5.74) is 2.96. The predicted molar refractivity (Wildman–Crippen MR) is 88.8 cm³/mol. The lowest BCUT2D eigenvalue weighted by Crippen LogP contribution is -2.14. The highest BCUT2D eigenvalue weighted by Gasteiger charge is 2.16. The second-order valence-electron chi connectivity index (χ2n) is 5.94. The minimum absolute atomic E-state index is 0.333. The van der Waals surface area contributed by atoms with Crippen LogP contribution in [0.3, 0.4) is 0 Å². The zero-order valence-electron chi connectivity index (χ0n) is 13.2. The molecule has 0 aliphatic heterocycles. The predicted octanol–water partition coefficient (Wildman–Crippen LogP) is 3.56. The minimum Gasteiger partial charge on any atom is -0.474 e. The van der Waals surface area contributed by atoms with Gasteiger partial charge in [-0.25, -0.2) is 4.98 Å². The van der Waals surface area contributed by atoms with Crippen molar-refractivity contribution in [1.29, 1.82) is 5.26 Å². The molecular weight excluding hydrogens is 286 g/mol. The second-order valence-corrected chi connectivity index (χ2v) is 5.94. The molecule has 1 aliphatic carbocycles. The van der Waals surface area contributed by atoms with E-state index in [1.165, 1.54) is 12.8 Å². The van der Waals surface area contributed by atoms with E-state index in [1.54, 1.807) is 6.20 Å². The number of rotatable bonds is 6. The molecular formula is C19H21N3O. The van der Waals surface area contributed by atoms with Gasteiger partial charge in [-0.2, -0.15) is 5.26 Å². The quantitative estimate of drug-likeness (QED) is 0.886. The Kier molecular flexibility index (Phi) is 5.23. The van der Waals surface area contributed by atoms with Crippen LogP contribution >= 0.6 is 0 Å². The van der Waals surface area contributed by atoms with E-state index in [2.05, 4.69) is 16.4 Å². The van der Waals surface area contributed by atoms with Crippen molar-refractivity contribution in [1.82, 2.24) is 10.3 Å². The van der Waals surface area contributed by atoms with E-state index in [0.29, 0.717) is 11.7 Å². The molecule has 1 aromatic carbocycles. The molecule has 118 valence electrons. The van der Waals surface area contributed by atoms with Crippen LogP contribution in [0, 0.1) is 11.3 Å². The van der Waals surface area contributed by atoms with E-state index in [-0.39, 0.29) is 0 Å². The van der Waals surface area contributed by atoms with Crippen LogP contribution in [0.4, 0.5) is 0 Å². The zero-order chi connectivity index (χ0) is 15.9. The zero-order valence-corrected chi connectivity index (χ0v) is 13.2. The van der Waals surface area contributed by atoms with Crippen LogP contribution in [0.2, 0.25) is 0 Å². The molecule has 1 fully saturated rings. The van der Waals surface area contributed by atoms with Crippen LogP contribution < -0.4 is 10.1 Å². The first-order valence-electron chi connectivity index (χ1n) is 8.15. The van der Waals surface area contributed by atoms with Crippen molar-refractivity contribution in [2.75, 3.05) is 0 Å². The molecule has 4 nitrogen and oxygen atoms in total. The highest BCUT2D eigenvalue weighted by molar-refractivity contribution is 5.32. The summed E-state index contributed by atoms with van der Waals surface area (Å²) in [5, 5.41) is 12.3. The molecule has 1 aliphatic rings. The molecule has 1 N–H and O–H groups in total. The van der Waals surface area contributed by atoms with Crippen molar-refractivity contribution in [3.8, 4) is 11.9 Å². The molecule has 0 saturated heterocycles. The van der Waals surface area contributed by atoms with Gasteiger partial charge in [-0.15, -0.1) is 0 Å². The van der Waals surface area contributed by atoms with Crippen molar-refractivity contribution >= 4 is 0 Å². The van der Waals surface area contributed by atoms with Gasteiger partial charge in [0.05, 0.1) is 11.6 Å². The van der Waals surface area contributed by atoms with Gasteiger partial charge in [-0.1, -0.05) is 12.1 Å². The maximum Gasteiger partial charge on any atom is 0.213 e. The van der Waals surface area contributed by atoms with Crippen LogP contribution in [0.15, 0.2) is 42.6 Å². The van der Waals surface area contributed by atoms with Gasteiger partial charge in [-0.3, -0.25) is 0 Å². The van der Waals surface area contributed by atoms with Crippen LogP contribution in [-0.4, -0.2) is 11.1 Å². The lowest BCUT2D eigenvalue weighted by atomic mass is 10.1. The summed E-state index contributed by atoms with van der Waals surface area (Å²) in [6, 6.07) is 13.8. The van der Waals surface area contributed by atoms with E-state index in [9.17, 15) is 0 Å². The normalized spacial score (nSPS) is 14.6. The number of aromatic nitrogens is 1. The number of hydrogen-bond acceptors (Lipinski definition) is 4. The molecule has 1 heterocycles. The SMILES string of the molecule is N#Cc1cccc(CNCc2ccnc(OC3CCCC3)c2)c1. The lowest BCUT2D eigenvalue weighted by Gasteiger charge is -2.13. The number of pyridine rings is 1. The van der Waals surface area contributed by atoms with Gasteiger partial charge in [0.1, 0.15) is 6.10 Å². The number of benzene rings is 1. The maximum absolute atomic E-state index is 8.92. The van der Waals surface area contributed by atoms with E-state index in [0.717, 1.165) is 42.9 Å². The summed E-state index contributed by atoms with van der Waals surface area (Å²) in [5.74, 6) is 0.725. The Morgan fingerprint density at radius 1 is 1.13 bits per heavy atom. The number of nitrogens with zero attached hydrogens (tertiary/aromatic N) is 2. The summed E-state index contributed by atoms with van der Waals surface area (Å²) in [6.45, 7) is 1.48. The summed E-state index contributed by atoms with van der Waals surface area (Å²) in [4.78, 5) is 4.31. The molecule has 4 heteroatoms. The van der Waals surface area contributed by atoms with Crippen molar-refractivity contribution in [2.45, 2.75) is 44.9 Å². The van der Waals surface area contributed by atoms with Gasteiger partial charge < -0.3 is 10.1 Å². The van der Waals surface area contributed by atoms with Crippen molar-refractivity contribution in [2.24, 2.45) is 0 Å². The van der Waals surface area contributed by atoms with E-state index < -0.39 is 0 Å². The van der Waals surface area contributed by atoms with Crippen LogP contribution in [-0.2, 0) is 13.1 Å². The summed E-state index contributed by atoms with van der Waals surface area (Å²) in [7, 11) is 0. The first kappa shape index (κ1) is 15.5. The van der Waals surface area contributed by atoms with Gasteiger partial charge in [-0.05, 0) is 55.0 Å². The molecule has 0 radical (unpaired) electrons. The third-order valence-corrected chi connectivity index (χ3v) is 4.10. The standard InChI is InChI=1S/C19H21N3O/c20-12-15-4-3-5-16(10-15)13-21-14-17-8-9-22-19(11-17)23-18-6-1-2-7-18/h3-5,8-11,18,21H,1-2,6-7,13-14H2. The fourth-order valence-corrected chi connectivity index (χ4v) is 2.90. The smallest absolute Gasteiger partial charge is 0.213 e.